The van der Waals surface area contributed by atoms with Crippen LogP contribution in [0.1, 0.15) is 44.7 Å². The number of amides is 1. The molecule has 0 spiro atoms. The number of hydrogen-bond donors (Lipinski definition) is 2. The van der Waals surface area contributed by atoms with Gasteiger partial charge in [-0.2, -0.15) is 0 Å². The Morgan fingerprint density at radius 2 is 2.04 bits per heavy atom. The van der Waals surface area contributed by atoms with Crippen molar-refractivity contribution in [3.05, 3.63) is 34.9 Å². The maximum absolute atomic E-state index is 12.6. The fourth-order valence-corrected chi connectivity index (χ4v) is 4.10. The van der Waals surface area contributed by atoms with Gasteiger partial charge in [-0.05, 0) is 50.0 Å². The minimum Gasteiger partial charge on any atom is -0.354 e. The molecule has 0 aliphatic heterocycles. The Balaban J connectivity index is 2.09. The molecule has 1 aliphatic carbocycles. The van der Waals surface area contributed by atoms with Crippen molar-refractivity contribution in [3.8, 4) is 0 Å². The summed E-state index contributed by atoms with van der Waals surface area (Å²) in [5, 5.41) is 3.92. The van der Waals surface area contributed by atoms with Crippen molar-refractivity contribution in [3.63, 3.8) is 0 Å². The fraction of sp³-hybridized carbons (Fsp3) is 0.632. The van der Waals surface area contributed by atoms with Gasteiger partial charge in [0.15, 0.2) is 0 Å². The van der Waals surface area contributed by atoms with E-state index in [2.05, 4.69) is 30.1 Å². The number of benzene rings is 1. The number of nitrogens with zero attached hydrogens (tertiary/aromatic N) is 1. The maximum Gasteiger partial charge on any atom is 0.223 e. The molecule has 1 unspecified atom stereocenters. The molecular weight excluding hydrogens is 322 g/mol. The third kappa shape index (κ3) is 4.50. The maximum atomic E-state index is 12.6. The number of carbonyl (C=O) groups is 1. The summed E-state index contributed by atoms with van der Waals surface area (Å²) in [7, 11) is 0. The van der Waals surface area contributed by atoms with E-state index in [0.29, 0.717) is 19.0 Å². The largest absolute Gasteiger partial charge is 0.354 e. The Hall–Kier alpha value is -1.10. The number of carbonyl (C=O) groups excluding carboxylic acids is 1. The highest BCUT2D eigenvalue weighted by Crippen LogP contribution is 2.31. The Morgan fingerprint density at radius 3 is 2.67 bits per heavy atom. The molecule has 0 saturated heterocycles. The monoisotopic (exact) mass is 351 g/mol. The number of nitrogens with two attached hydrogens (primary N) is 1. The molecule has 1 saturated carbocycles. The molecule has 0 aromatic heterocycles. The van der Waals surface area contributed by atoms with E-state index >= 15 is 0 Å². The van der Waals surface area contributed by atoms with Crippen LogP contribution in [0.25, 0.3) is 0 Å². The lowest BCUT2D eigenvalue weighted by Gasteiger charge is -2.31. The third-order valence-electron chi connectivity index (χ3n) is 5.29. The molecule has 1 aliphatic rings. The lowest BCUT2D eigenvalue weighted by atomic mass is 9.95. The number of halogens is 1. The van der Waals surface area contributed by atoms with E-state index in [4.69, 9.17) is 17.3 Å². The van der Waals surface area contributed by atoms with Gasteiger partial charge in [0.05, 0.1) is 6.04 Å². The van der Waals surface area contributed by atoms with Gasteiger partial charge in [0, 0.05) is 17.5 Å². The number of likely N-dealkylation sites (N-methyl/N-ethyl adjacent to an activating group) is 1. The molecule has 5 heteroatoms. The highest BCUT2D eigenvalue weighted by atomic mass is 35.5. The smallest absolute Gasteiger partial charge is 0.223 e. The van der Waals surface area contributed by atoms with Gasteiger partial charge in [0.1, 0.15) is 0 Å². The summed E-state index contributed by atoms with van der Waals surface area (Å²) >= 11 is 6.41. The van der Waals surface area contributed by atoms with Crippen molar-refractivity contribution in [2.75, 3.05) is 26.2 Å². The Bertz CT molecular complexity index is 533. The highest BCUT2D eigenvalue weighted by Gasteiger charge is 2.32. The second-order valence-corrected chi connectivity index (χ2v) is 6.94. The first-order valence-corrected chi connectivity index (χ1v) is 9.46. The predicted molar refractivity (Wildman–Crippen MR) is 100 cm³/mol. The van der Waals surface area contributed by atoms with E-state index in [1.807, 2.05) is 18.2 Å². The summed E-state index contributed by atoms with van der Waals surface area (Å²) in [4.78, 5) is 14.9. The number of hydrogen-bond acceptors (Lipinski definition) is 3. The Labute approximate surface area is 150 Å². The van der Waals surface area contributed by atoms with Gasteiger partial charge in [-0.1, -0.05) is 50.1 Å². The minimum absolute atomic E-state index is 0.0681. The minimum atomic E-state index is 0.0681. The third-order valence-corrected chi connectivity index (χ3v) is 5.63. The van der Waals surface area contributed by atoms with Crippen LogP contribution in [-0.2, 0) is 4.79 Å². The summed E-state index contributed by atoms with van der Waals surface area (Å²) in [5.41, 5.74) is 6.89. The van der Waals surface area contributed by atoms with Crippen molar-refractivity contribution in [2.45, 2.75) is 39.2 Å². The van der Waals surface area contributed by atoms with Crippen molar-refractivity contribution in [1.82, 2.24) is 10.2 Å². The van der Waals surface area contributed by atoms with E-state index in [0.717, 1.165) is 42.9 Å². The zero-order chi connectivity index (χ0) is 17.5. The first kappa shape index (κ1) is 19.2. The van der Waals surface area contributed by atoms with E-state index in [1.165, 1.54) is 0 Å². The zero-order valence-electron chi connectivity index (χ0n) is 14.8. The van der Waals surface area contributed by atoms with E-state index in [1.54, 1.807) is 0 Å². The second-order valence-electron chi connectivity index (χ2n) is 6.54. The molecule has 24 heavy (non-hydrogen) atoms. The predicted octanol–water partition coefficient (Wildman–Crippen LogP) is 3.21. The SMILES string of the molecule is CCN(CC)C(CNC(=O)[C@@H]1CCC[C@@H]1CN)c1ccccc1Cl. The van der Waals surface area contributed by atoms with Gasteiger partial charge in [0.25, 0.3) is 0 Å². The van der Waals surface area contributed by atoms with Crippen molar-refractivity contribution in [2.24, 2.45) is 17.6 Å². The van der Waals surface area contributed by atoms with Gasteiger partial charge < -0.3 is 11.1 Å². The van der Waals surface area contributed by atoms with Crippen LogP contribution in [0.3, 0.4) is 0 Å². The van der Waals surface area contributed by atoms with Gasteiger partial charge in [-0.3, -0.25) is 9.69 Å². The zero-order valence-corrected chi connectivity index (χ0v) is 15.6. The normalized spacial score (nSPS) is 21.9. The molecule has 0 radical (unpaired) electrons. The average Bonchev–Trinajstić information content (AvgIpc) is 3.08. The Kier molecular flexibility index (Phi) is 7.53. The van der Waals surface area contributed by atoms with Crippen molar-refractivity contribution >= 4 is 17.5 Å². The van der Waals surface area contributed by atoms with Crippen LogP contribution in [0.5, 0.6) is 0 Å². The second kappa shape index (κ2) is 9.40. The van der Waals surface area contributed by atoms with Gasteiger partial charge >= 0.3 is 0 Å². The molecule has 0 heterocycles. The van der Waals surface area contributed by atoms with Crippen LogP contribution in [0.4, 0.5) is 0 Å². The van der Waals surface area contributed by atoms with Crippen molar-refractivity contribution in [1.29, 1.82) is 0 Å². The summed E-state index contributed by atoms with van der Waals surface area (Å²) in [6.07, 6.45) is 3.12. The quantitative estimate of drug-likeness (QED) is 0.756. The van der Waals surface area contributed by atoms with Crippen molar-refractivity contribution < 1.29 is 4.79 Å². The van der Waals surface area contributed by atoms with E-state index in [9.17, 15) is 4.79 Å². The lowest BCUT2D eigenvalue weighted by Crippen LogP contribution is -2.41. The molecule has 0 bridgehead atoms. The first-order chi connectivity index (χ1) is 11.6. The molecule has 3 N–H and O–H groups in total. The summed E-state index contributed by atoms with van der Waals surface area (Å²) in [6.45, 7) is 7.28. The van der Waals surface area contributed by atoms with Crippen LogP contribution < -0.4 is 11.1 Å². The number of rotatable bonds is 8. The van der Waals surface area contributed by atoms with Crippen LogP contribution >= 0.6 is 11.6 Å². The summed E-state index contributed by atoms with van der Waals surface area (Å²) in [5.74, 6) is 0.544. The molecule has 1 fully saturated rings. The molecule has 1 amide bonds. The summed E-state index contributed by atoms with van der Waals surface area (Å²) in [6, 6.07) is 8.00. The number of nitrogens with one attached hydrogen (secondary N) is 1. The van der Waals surface area contributed by atoms with Gasteiger partial charge in [-0.15, -0.1) is 0 Å². The van der Waals surface area contributed by atoms with Crippen LogP contribution in [0, 0.1) is 11.8 Å². The molecule has 3 atom stereocenters. The van der Waals surface area contributed by atoms with E-state index in [-0.39, 0.29) is 17.9 Å². The fourth-order valence-electron chi connectivity index (χ4n) is 3.84. The van der Waals surface area contributed by atoms with Gasteiger partial charge in [0.2, 0.25) is 5.91 Å². The highest BCUT2D eigenvalue weighted by molar-refractivity contribution is 6.31. The first-order valence-electron chi connectivity index (χ1n) is 9.08. The van der Waals surface area contributed by atoms with Crippen LogP contribution in [0.15, 0.2) is 24.3 Å². The average molecular weight is 352 g/mol. The Morgan fingerprint density at radius 1 is 1.33 bits per heavy atom. The van der Waals surface area contributed by atoms with Gasteiger partial charge in [-0.25, -0.2) is 0 Å². The van der Waals surface area contributed by atoms with Crippen LogP contribution in [-0.4, -0.2) is 37.0 Å². The molecular formula is C19H30ClN3O. The van der Waals surface area contributed by atoms with E-state index < -0.39 is 0 Å². The molecule has 134 valence electrons. The topological polar surface area (TPSA) is 58.4 Å². The standard InChI is InChI=1S/C19H30ClN3O/c1-3-23(4-2)18(16-9-5-6-11-17(16)20)13-22-19(24)15-10-7-8-14(15)12-21/h5-6,9,11,14-15,18H,3-4,7-8,10,12-13,21H2,1-2H3,(H,22,24)/t14-,15-,18?/m1/s1. The molecule has 1 aromatic carbocycles. The molecule has 4 nitrogen and oxygen atoms in total. The molecule has 2 rings (SSSR count). The lowest BCUT2D eigenvalue weighted by molar-refractivity contribution is -0.126. The van der Waals surface area contributed by atoms with Crippen LogP contribution in [0.2, 0.25) is 5.02 Å². The summed E-state index contributed by atoms with van der Waals surface area (Å²) < 4.78 is 0. The molecule has 1 aromatic rings.